The van der Waals surface area contributed by atoms with Crippen molar-refractivity contribution in [2.24, 2.45) is 5.92 Å². The predicted octanol–water partition coefficient (Wildman–Crippen LogP) is 1.79. The van der Waals surface area contributed by atoms with Crippen LogP contribution in [0.4, 0.5) is 8.78 Å². The summed E-state index contributed by atoms with van der Waals surface area (Å²) >= 11 is 0. The van der Waals surface area contributed by atoms with Crippen molar-refractivity contribution in [3.63, 3.8) is 0 Å². The average Bonchev–Trinajstić information content (AvgIpc) is 2.40. The Labute approximate surface area is 110 Å². The van der Waals surface area contributed by atoms with Crippen LogP contribution in [0.1, 0.15) is 23.2 Å². The molecule has 3 heterocycles. The second-order valence-corrected chi connectivity index (χ2v) is 5.31. The van der Waals surface area contributed by atoms with E-state index in [0.717, 1.165) is 44.6 Å². The van der Waals surface area contributed by atoms with E-state index in [0.29, 0.717) is 5.92 Å². The van der Waals surface area contributed by atoms with Gasteiger partial charge in [0.2, 0.25) is 0 Å². The van der Waals surface area contributed by atoms with Gasteiger partial charge >= 0.3 is 0 Å². The number of halogens is 2. The van der Waals surface area contributed by atoms with Crippen molar-refractivity contribution in [1.82, 2.24) is 10.2 Å². The number of amides is 1. The molecule has 1 aromatic carbocycles. The molecule has 1 atom stereocenters. The second kappa shape index (κ2) is 4.89. The summed E-state index contributed by atoms with van der Waals surface area (Å²) in [6, 6.07) is 3.48. The molecule has 0 radical (unpaired) electrons. The quantitative estimate of drug-likeness (QED) is 0.885. The number of carbonyl (C=O) groups excluding carboxylic acids is 1. The van der Waals surface area contributed by atoms with Crippen LogP contribution in [-0.2, 0) is 0 Å². The minimum atomic E-state index is -0.807. The summed E-state index contributed by atoms with van der Waals surface area (Å²) < 4.78 is 27.1. The molecular weight excluding hydrogens is 250 g/mol. The summed E-state index contributed by atoms with van der Waals surface area (Å²) in [7, 11) is 0. The molecule has 0 aliphatic carbocycles. The molecule has 0 saturated carbocycles. The third-order valence-electron chi connectivity index (χ3n) is 4.16. The van der Waals surface area contributed by atoms with E-state index in [4.69, 9.17) is 0 Å². The molecule has 3 aliphatic heterocycles. The Morgan fingerprint density at radius 3 is 2.37 bits per heavy atom. The summed E-state index contributed by atoms with van der Waals surface area (Å²) in [6.45, 7) is 2.91. The Hall–Kier alpha value is -1.49. The van der Waals surface area contributed by atoms with Crippen molar-refractivity contribution in [1.29, 1.82) is 0 Å². The fourth-order valence-electron chi connectivity index (χ4n) is 3.08. The highest BCUT2D eigenvalue weighted by Crippen LogP contribution is 2.27. The average molecular weight is 266 g/mol. The molecule has 3 aliphatic rings. The third-order valence-corrected chi connectivity index (χ3v) is 4.16. The van der Waals surface area contributed by atoms with E-state index >= 15 is 0 Å². The van der Waals surface area contributed by atoms with Gasteiger partial charge in [-0.1, -0.05) is 6.07 Å². The topological polar surface area (TPSA) is 32.3 Å². The lowest BCUT2D eigenvalue weighted by Gasteiger charge is -2.44. The standard InChI is InChI=1S/C14H16F2N2O/c15-10-2-1-3-11(16)13(10)14(19)17-12-8-18-6-4-9(12)5-7-18/h1-3,9,12H,4-8H2,(H,17,19). The van der Waals surface area contributed by atoms with Gasteiger partial charge in [-0.05, 0) is 44.0 Å². The smallest absolute Gasteiger partial charge is 0.257 e. The van der Waals surface area contributed by atoms with Crippen LogP contribution in [0.5, 0.6) is 0 Å². The van der Waals surface area contributed by atoms with E-state index in [1.165, 1.54) is 6.07 Å². The Bertz CT molecular complexity index is 478. The van der Waals surface area contributed by atoms with Gasteiger partial charge in [-0.25, -0.2) is 8.78 Å². The van der Waals surface area contributed by atoms with E-state index < -0.39 is 23.1 Å². The van der Waals surface area contributed by atoms with Crippen LogP contribution in [0.25, 0.3) is 0 Å². The van der Waals surface area contributed by atoms with Crippen molar-refractivity contribution in [2.75, 3.05) is 19.6 Å². The van der Waals surface area contributed by atoms with Crippen molar-refractivity contribution in [3.05, 3.63) is 35.4 Å². The number of piperidine rings is 3. The molecular formula is C14H16F2N2O. The van der Waals surface area contributed by atoms with Crippen LogP contribution >= 0.6 is 0 Å². The highest BCUT2D eigenvalue weighted by Gasteiger charge is 2.35. The minimum Gasteiger partial charge on any atom is -0.348 e. The van der Waals surface area contributed by atoms with E-state index in [-0.39, 0.29) is 6.04 Å². The molecule has 1 aromatic rings. The lowest BCUT2D eigenvalue weighted by molar-refractivity contribution is 0.0616. The van der Waals surface area contributed by atoms with Crippen molar-refractivity contribution < 1.29 is 13.6 Å². The summed E-state index contributed by atoms with van der Waals surface area (Å²) in [5, 5.41) is 2.79. The minimum absolute atomic E-state index is 0.00834. The van der Waals surface area contributed by atoms with Gasteiger partial charge in [-0.2, -0.15) is 0 Å². The first-order valence-corrected chi connectivity index (χ1v) is 6.62. The zero-order valence-electron chi connectivity index (χ0n) is 10.5. The Kier molecular flexibility index (Phi) is 3.22. The molecule has 19 heavy (non-hydrogen) atoms. The predicted molar refractivity (Wildman–Crippen MR) is 66.8 cm³/mol. The van der Waals surface area contributed by atoms with E-state index in [1.807, 2.05) is 0 Å². The number of benzene rings is 1. The maximum absolute atomic E-state index is 13.5. The zero-order chi connectivity index (χ0) is 13.4. The molecule has 4 rings (SSSR count). The lowest BCUT2D eigenvalue weighted by Crippen LogP contribution is -2.57. The van der Waals surface area contributed by atoms with Crippen molar-refractivity contribution in [3.8, 4) is 0 Å². The van der Waals surface area contributed by atoms with E-state index in [9.17, 15) is 13.6 Å². The monoisotopic (exact) mass is 266 g/mol. The molecule has 2 bridgehead atoms. The van der Waals surface area contributed by atoms with Gasteiger partial charge in [0.05, 0.1) is 0 Å². The summed E-state index contributed by atoms with van der Waals surface area (Å²) in [5.41, 5.74) is -0.473. The van der Waals surface area contributed by atoms with Gasteiger partial charge in [0.25, 0.3) is 5.91 Å². The first kappa shape index (κ1) is 12.5. The number of carbonyl (C=O) groups is 1. The van der Waals surface area contributed by atoms with Crippen LogP contribution in [0.15, 0.2) is 18.2 Å². The normalized spacial score (nSPS) is 29.3. The molecule has 0 aromatic heterocycles. The molecule has 1 N–H and O–H groups in total. The number of hydrogen-bond donors (Lipinski definition) is 1. The zero-order valence-corrected chi connectivity index (χ0v) is 10.5. The number of nitrogens with zero attached hydrogens (tertiary/aromatic N) is 1. The van der Waals surface area contributed by atoms with Crippen LogP contribution in [-0.4, -0.2) is 36.5 Å². The number of fused-ring (bicyclic) bond motifs is 3. The van der Waals surface area contributed by atoms with Gasteiger partial charge in [-0.3, -0.25) is 4.79 Å². The lowest BCUT2D eigenvalue weighted by atomic mass is 9.84. The van der Waals surface area contributed by atoms with Crippen LogP contribution < -0.4 is 5.32 Å². The molecule has 3 saturated heterocycles. The van der Waals surface area contributed by atoms with Gasteiger partial charge < -0.3 is 10.2 Å². The van der Waals surface area contributed by atoms with Crippen LogP contribution in [0.3, 0.4) is 0 Å². The van der Waals surface area contributed by atoms with Gasteiger partial charge in [0, 0.05) is 12.6 Å². The SMILES string of the molecule is O=C(NC1CN2CCC1CC2)c1c(F)cccc1F. The van der Waals surface area contributed by atoms with Crippen molar-refractivity contribution >= 4 is 5.91 Å². The molecule has 1 unspecified atom stereocenters. The fourth-order valence-corrected chi connectivity index (χ4v) is 3.08. The van der Waals surface area contributed by atoms with E-state index in [1.54, 1.807) is 0 Å². The molecule has 3 fully saturated rings. The van der Waals surface area contributed by atoms with Crippen molar-refractivity contribution in [2.45, 2.75) is 18.9 Å². The van der Waals surface area contributed by atoms with Crippen LogP contribution in [0.2, 0.25) is 0 Å². The van der Waals surface area contributed by atoms with Crippen LogP contribution in [0, 0.1) is 17.6 Å². The maximum Gasteiger partial charge on any atom is 0.257 e. The van der Waals surface area contributed by atoms with Gasteiger partial charge in [0.1, 0.15) is 17.2 Å². The molecule has 0 spiro atoms. The Morgan fingerprint density at radius 1 is 1.21 bits per heavy atom. The highest BCUT2D eigenvalue weighted by atomic mass is 19.1. The van der Waals surface area contributed by atoms with E-state index in [2.05, 4.69) is 10.2 Å². The molecule has 3 nitrogen and oxygen atoms in total. The van der Waals surface area contributed by atoms with Gasteiger partial charge in [0.15, 0.2) is 0 Å². The molecule has 102 valence electrons. The number of rotatable bonds is 2. The second-order valence-electron chi connectivity index (χ2n) is 5.31. The largest absolute Gasteiger partial charge is 0.348 e. The summed E-state index contributed by atoms with van der Waals surface area (Å²) in [6.07, 6.45) is 2.09. The number of hydrogen-bond acceptors (Lipinski definition) is 2. The maximum atomic E-state index is 13.5. The Balaban J connectivity index is 1.75. The third kappa shape index (κ3) is 2.34. The Morgan fingerprint density at radius 2 is 1.84 bits per heavy atom. The molecule has 1 amide bonds. The number of nitrogens with one attached hydrogen (secondary N) is 1. The first-order valence-electron chi connectivity index (χ1n) is 6.62. The fraction of sp³-hybridized carbons (Fsp3) is 0.500. The summed E-state index contributed by atoms with van der Waals surface area (Å²) in [5.74, 6) is -1.82. The highest BCUT2D eigenvalue weighted by molar-refractivity contribution is 5.95. The first-order chi connectivity index (χ1) is 9.15. The summed E-state index contributed by atoms with van der Waals surface area (Å²) in [4.78, 5) is 14.3. The van der Waals surface area contributed by atoms with Gasteiger partial charge in [-0.15, -0.1) is 0 Å². The molecule has 5 heteroatoms.